The quantitative estimate of drug-likeness (QED) is 0.627. The molecule has 1 unspecified atom stereocenters. The fraction of sp³-hybridized carbons (Fsp3) is 0.500. The Morgan fingerprint density at radius 3 is 2.77 bits per heavy atom. The fourth-order valence-corrected chi connectivity index (χ4v) is 5.80. The molecule has 1 aliphatic carbocycles. The zero-order valence-electron chi connectivity index (χ0n) is 18.2. The van der Waals surface area contributed by atoms with E-state index in [1.54, 1.807) is 0 Å². The molecule has 1 atom stereocenters. The molecule has 0 bridgehead atoms. The van der Waals surface area contributed by atoms with Gasteiger partial charge in [0, 0.05) is 48.0 Å². The van der Waals surface area contributed by atoms with Crippen LogP contribution in [-0.2, 0) is 13.0 Å². The second-order valence-corrected chi connectivity index (χ2v) is 10.6. The Kier molecular flexibility index (Phi) is 5.15. The van der Waals surface area contributed by atoms with Crippen LogP contribution in [0.5, 0.6) is 0 Å². The molecule has 158 valence electrons. The normalized spacial score (nSPS) is 20.5. The van der Waals surface area contributed by atoms with Crippen molar-refractivity contribution in [3.05, 3.63) is 58.4 Å². The highest BCUT2D eigenvalue weighted by molar-refractivity contribution is 7.15. The Hall–Kier alpha value is -2.18. The van der Waals surface area contributed by atoms with Crippen LogP contribution in [0.15, 0.2) is 36.7 Å². The average molecular weight is 422 g/mol. The van der Waals surface area contributed by atoms with Gasteiger partial charge in [-0.2, -0.15) is 5.10 Å². The van der Waals surface area contributed by atoms with E-state index in [1.165, 1.54) is 45.4 Å². The van der Waals surface area contributed by atoms with Crippen LogP contribution >= 0.6 is 11.3 Å². The van der Waals surface area contributed by atoms with Crippen LogP contribution in [0.1, 0.15) is 60.8 Å². The van der Waals surface area contributed by atoms with Crippen molar-refractivity contribution in [1.82, 2.24) is 20.1 Å². The zero-order chi connectivity index (χ0) is 20.7. The van der Waals surface area contributed by atoms with Gasteiger partial charge in [-0.05, 0) is 49.7 Å². The number of hydrogen-bond acceptors (Lipinski definition) is 5. The van der Waals surface area contributed by atoms with Gasteiger partial charge in [0.1, 0.15) is 0 Å². The molecule has 0 saturated carbocycles. The summed E-state index contributed by atoms with van der Waals surface area (Å²) in [4.78, 5) is 8.41. The molecule has 30 heavy (non-hydrogen) atoms. The highest BCUT2D eigenvalue weighted by Gasteiger charge is 2.35. The summed E-state index contributed by atoms with van der Waals surface area (Å²) in [5.74, 6) is 0. The van der Waals surface area contributed by atoms with Gasteiger partial charge >= 0.3 is 0 Å². The highest BCUT2D eigenvalue weighted by atomic mass is 32.1. The number of rotatable bonds is 5. The lowest BCUT2D eigenvalue weighted by molar-refractivity contribution is 0.253. The van der Waals surface area contributed by atoms with Gasteiger partial charge in [-0.3, -0.25) is 0 Å². The summed E-state index contributed by atoms with van der Waals surface area (Å²) in [6.07, 6.45) is 8.88. The third-order valence-corrected chi connectivity index (χ3v) is 7.52. The molecule has 0 radical (unpaired) electrons. The van der Waals surface area contributed by atoms with E-state index in [9.17, 15) is 0 Å². The van der Waals surface area contributed by atoms with Gasteiger partial charge in [0.25, 0.3) is 0 Å². The molecule has 1 aliphatic heterocycles. The average Bonchev–Trinajstić information content (AvgIpc) is 3.46. The van der Waals surface area contributed by atoms with Gasteiger partial charge in [-0.15, -0.1) is 11.3 Å². The lowest BCUT2D eigenvalue weighted by Gasteiger charge is -2.36. The lowest BCUT2D eigenvalue weighted by atomic mass is 9.74. The van der Waals surface area contributed by atoms with Crippen molar-refractivity contribution < 1.29 is 0 Å². The minimum Gasteiger partial charge on any atom is -0.348 e. The number of benzene rings is 1. The van der Waals surface area contributed by atoms with Gasteiger partial charge in [-0.1, -0.05) is 32.0 Å². The van der Waals surface area contributed by atoms with E-state index in [0.29, 0.717) is 6.04 Å². The van der Waals surface area contributed by atoms with Gasteiger partial charge in [0.05, 0.1) is 11.9 Å². The van der Waals surface area contributed by atoms with Crippen LogP contribution in [0.3, 0.4) is 0 Å². The molecule has 0 spiro atoms. The van der Waals surface area contributed by atoms with E-state index in [0.717, 1.165) is 32.5 Å². The minimum absolute atomic E-state index is 0.236. The topological polar surface area (TPSA) is 46.0 Å². The smallest absolute Gasteiger partial charge is 0.185 e. The number of anilines is 1. The lowest BCUT2D eigenvalue weighted by Crippen LogP contribution is -2.33. The van der Waals surface area contributed by atoms with Gasteiger partial charge in [0.15, 0.2) is 5.13 Å². The largest absolute Gasteiger partial charge is 0.348 e. The predicted octanol–water partition coefficient (Wildman–Crippen LogP) is 5.04. The van der Waals surface area contributed by atoms with Crippen LogP contribution in [0.4, 0.5) is 5.13 Å². The summed E-state index contributed by atoms with van der Waals surface area (Å²) < 4.78 is 2.17. The van der Waals surface area contributed by atoms with Crippen molar-refractivity contribution in [3.8, 4) is 5.69 Å². The first-order valence-corrected chi connectivity index (χ1v) is 11.9. The van der Waals surface area contributed by atoms with Crippen LogP contribution in [0, 0.1) is 12.3 Å². The second kappa shape index (κ2) is 7.82. The van der Waals surface area contributed by atoms with Crippen molar-refractivity contribution in [1.29, 1.82) is 0 Å². The molecular weight excluding hydrogens is 390 g/mol. The highest BCUT2D eigenvalue weighted by Crippen LogP contribution is 2.42. The third kappa shape index (κ3) is 3.79. The van der Waals surface area contributed by atoms with E-state index in [2.05, 4.69) is 77.3 Å². The van der Waals surface area contributed by atoms with Gasteiger partial charge in [-0.25, -0.2) is 9.67 Å². The molecule has 6 heteroatoms. The maximum absolute atomic E-state index is 4.82. The zero-order valence-corrected chi connectivity index (χ0v) is 19.0. The van der Waals surface area contributed by atoms with E-state index in [1.807, 2.05) is 11.3 Å². The Morgan fingerprint density at radius 1 is 1.17 bits per heavy atom. The summed E-state index contributed by atoms with van der Waals surface area (Å²) in [5.41, 5.74) is 5.38. The Balaban J connectivity index is 1.37. The number of hydrogen-bond donors (Lipinski definition) is 1. The van der Waals surface area contributed by atoms with Crippen molar-refractivity contribution in [2.75, 3.05) is 18.0 Å². The molecule has 1 aromatic carbocycles. The fourth-order valence-electron chi connectivity index (χ4n) is 4.89. The number of para-hydroxylation sites is 1. The van der Waals surface area contributed by atoms with Crippen LogP contribution in [-0.4, -0.2) is 27.9 Å². The molecule has 1 N–H and O–H groups in total. The number of aryl methyl sites for hydroxylation is 1. The first-order valence-electron chi connectivity index (χ1n) is 11.1. The Morgan fingerprint density at radius 2 is 1.97 bits per heavy atom. The molecule has 3 heterocycles. The summed E-state index contributed by atoms with van der Waals surface area (Å²) in [6.45, 7) is 10.1. The van der Waals surface area contributed by atoms with Crippen LogP contribution in [0.25, 0.3) is 5.69 Å². The second-order valence-electron chi connectivity index (χ2n) is 9.53. The molecule has 1 fully saturated rings. The molecule has 2 aliphatic rings. The SMILES string of the molecule is Cc1ccccc1-n1ncc2c1CC(C)(C)CC2NCc1cnc(N2CCCC2)s1. The molecular formula is C24H31N5S. The molecule has 5 nitrogen and oxygen atoms in total. The van der Waals surface area contributed by atoms with Crippen molar-refractivity contribution in [3.63, 3.8) is 0 Å². The van der Waals surface area contributed by atoms with E-state index >= 15 is 0 Å². The summed E-state index contributed by atoms with van der Waals surface area (Å²) in [5, 5.41) is 9.83. The van der Waals surface area contributed by atoms with E-state index < -0.39 is 0 Å². The first-order chi connectivity index (χ1) is 14.5. The molecule has 2 aromatic heterocycles. The number of nitrogens with one attached hydrogen (secondary N) is 1. The van der Waals surface area contributed by atoms with E-state index in [4.69, 9.17) is 5.10 Å². The van der Waals surface area contributed by atoms with Crippen molar-refractivity contribution in [2.45, 2.75) is 59.0 Å². The molecule has 5 rings (SSSR count). The summed E-state index contributed by atoms with van der Waals surface area (Å²) in [7, 11) is 0. The summed E-state index contributed by atoms with van der Waals surface area (Å²) >= 11 is 1.84. The Bertz CT molecular complexity index is 1030. The molecule has 3 aromatic rings. The van der Waals surface area contributed by atoms with Gasteiger partial charge in [0.2, 0.25) is 0 Å². The van der Waals surface area contributed by atoms with Crippen LogP contribution in [0.2, 0.25) is 0 Å². The number of thiazole rings is 1. The van der Waals surface area contributed by atoms with E-state index in [-0.39, 0.29) is 5.41 Å². The van der Waals surface area contributed by atoms with Crippen LogP contribution < -0.4 is 10.2 Å². The predicted molar refractivity (Wildman–Crippen MR) is 124 cm³/mol. The molecule has 0 amide bonds. The molecule has 1 saturated heterocycles. The summed E-state index contributed by atoms with van der Waals surface area (Å²) in [6, 6.07) is 8.84. The standard InChI is InChI=1S/C24H31N5S/c1-17-8-4-5-9-21(17)29-22-13-24(2,3)12-20(19(22)16-27-29)25-14-18-15-26-23(30-18)28-10-6-7-11-28/h4-5,8-9,15-16,20,25H,6-7,10-14H2,1-3H3. The number of nitrogens with zero attached hydrogens (tertiary/aromatic N) is 4. The maximum atomic E-state index is 4.82. The van der Waals surface area contributed by atoms with Crippen molar-refractivity contribution >= 4 is 16.5 Å². The monoisotopic (exact) mass is 421 g/mol. The van der Waals surface area contributed by atoms with Gasteiger partial charge < -0.3 is 10.2 Å². The first kappa shape index (κ1) is 19.8. The number of aromatic nitrogens is 3. The third-order valence-electron chi connectivity index (χ3n) is 6.46. The Labute approximate surface area is 183 Å². The maximum Gasteiger partial charge on any atom is 0.185 e. The number of fused-ring (bicyclic) bond motifs is 1. The van der Waals surface area contributed by atoms with Crippen molar-refractivity contribution in [2.24, 2.45) is 5.41 Å². The minimum atomic E-state index is 0.236.